The Hall–Kier alpha value is -2.02. The number of rotatable bonds is 4. The number of ether oxygens (including phenoxy) is 1. The molecule has 0 aromatic heterocycles. The van der Waals surface area contributed by atoms with Crippen LogP contribution in [0.1, 0.15) is 19.3 Å². The third-order valence-electron chi connectivity index (χ3n) is 3.85. The summed E-state index contributed by atoms with van der Waals surface area (Å²) in [6, 6.07) is 7.10. The van der Waals surface area contributed by atoms with Crippen LogP contribution in [0.4, 0.5) is 5.69 Å². The van der Waals surface area contributed by atoms with E-state index < -0.39 is 5.25 Å². The van der Waals surface area contributed by atoms with E-state index in [0.717, 1.165) is 36.8 Å². The maximum atomic E-state index is 12.1. The van der Waals surface area contributed by atoms with Crippen molar-refractivity contribution in [3.05, 3.63) is 24.3 Å². The first-order valence-electron chi connectivity index (χ1n) is 7.64. The number of carbonyl (C=O) groups excluding carboxylic acids is 2. The molecule has 1 unspecified atom stereocenters. The summed E-state index contributed by atoms with van der Waals surface area (Å²) in [7, 11) is 1.59. The third kappa shape index (κ3) is 3.85. The molecule has 3 rings (SSSR count). The Morgan fingerprint density at radius 3 is 2.70 bits per heavy atom. The zero-order chi connectivity index (χ0) is 16.2. The van der Waals surface area contributed by atoms with E-state index in [1.807, 2.05) is 0 Å². The molecule has 2 aliphatic rings. The molecule has 2 amide bonds. The van der Waals surface area contributed by atoms with E-state index in [1.54, 1.807) is 31.4 Å². The summed E-state index contributed by atoms with van der Waals surface area (Å²) < 4.78 is 5.08. The Labute approximate surface area is 139 Å². The highest BCUT2D eigenvalue weighted by Gasteiger charge is 2.33. The van der Waals surface area contributed by atoms with Gasteiger partial charge < -0.3 is 15.0 Å². The smallest absolute Gasteiger partial charge is 0.262 e. The Morgan fingerprint density at radius 2 is 2.04 bits per heavy atom. The first-order valence-corrected chi connectivity index (χ1v) is 8.52. The summed E-state index contributed by atoms with van der Waals surface area (Å²) in [5, 5.41) is 3.16. The van der Waals surface area contributed by atoms with E-state index in [0.29, 0.717) is 5.69 Å². The van der Waals surface area contributed by atoms with Crippen LogP contribution in [0.3, 0.4) is 0 Å². The van der Waals surface area contributed by atoms with E-state index in [4.69, 9.17) is 4.74 Å². The van der Waals surface area contributed by atoms with E-state index in [-0.39, 0.29) is 18.2 Å². The molecule has 0 saturated carbocycles. The number of hydrogen-bond acceptors (Lipinski definition) is 5. The Balaban J connectivity index is 1.53. The zero-order valence-corrected chi connectivity index (χ0v) is 13.8. The molecule has 1 atom stereocenters. The largest absolute Gasteiger partial charge is 0.497 e. The molecule has 0 aliphatic carbocycles. The van der Waals surface area contributed by atoms with Gasteiger partial charge in [-0.3, -0.25) is 9.59 Å². The first kappa shape index (κ1) is 15.9. The molecule has 7 heteroatoms. The molecule has 1 aromatic carbocycles. The van der Waals surface area contributed by atoms with Gasteiger partial charge in [-0.15, -0.1) is 0 Å². The molecule has 6 nitrogen and oxygen atoms in total. The average Bonchev–Trinajstić information content (AvgIpc) is 3.18. The summed E-state index contributed by atoms with van der Waals surface area (Å²) in [6.45, 7) is 1.90. The Morgan fingerprint density at radius 1 is 1.35 bits per heavy atom. The van der Waals surface area contributed by atoms with Gasteiger partial charge in [0.05, 0.1) is 7.11 Å². The van der Waals surface area contributed by atoms with Gasteiger partial charge in [0.1, 0.15) is 11.0 Å². The number of aliphatic imine (C=N–C) groups is 1. The van der Waals surface area contributed by atoms with Gasteiger partial charge in [-0.25, -0.2) is 0 Å². The fourth-order valence-corrected chi connectivity index (χ4v) is 3.72. The number of nitrogens with zero attached hydrogens (tertiary/aromatic N) is 2. The van der Waals surface area contributed by atoms with Gasteiger partial charge in [0.25, 0.3) is 5.91 Å². The van der Waals surface area contributed by atoms with Crippen LogP contribution in [0.15, 0.2) is 29.3 Å². The van der Waals surface area contributed by atoms with Gasteiger partial charge in [-0.05, 0) is 37.1 Å². The molecular formula is C16H19N3O3S. The maximum Gasteiger partial charge on any atom is 0.262 e. The van der Waals surface area contributed by atoms with Crippen LogP contribution in [0.25, 0.3) is 0 Å². The summed E-state index contributed by atoms with van der Waals surface area (Å²) in [6.07, 6.45) is 2.41. The molecule has 2 aliphatic heterocycles. The van der Waals surface area contributed by atoms with Crippen LogP contribution < -0.4 is 10.1 Å². The number of amides is 2. The quantitative estimate of drug-likeness (QED) is 0.914. The molecule has 1 N–H and O–H groups in total. The highest BCUT2D eigenvalue weighted by Crippen LogP contribution is 2.29. The van der Waals surface area contributed by atoms with Crippen LogP contribution in [0.5, 0.6) is 5.75 Å². The fraction of sp³-hybridized carbons (Fsp3) is 0.438. The molecule has 0 spiro atoms. The van der Waals surface area contributed by atoms with Crippen molar-refractivity contribution in [3.8, 4) is 5.75 Å². The number of hydrogen-bond donors (Lipinski definition) is 1. The second kappa shape index (κ2) is 7.04. The number of nitrogens with one attached hydrogen (secondary N) is 1. The van der Waals surface area contributed by atoms with Crippen molar-refractivity contribution < 1.29 is 14.3 Å². The number of methoxy groups -OCH3 is 1. The van der Waals surface area contributed by atoms with Gasteiger partial charge in [0.15, 0.2) is 5.17 Å². The van der Waals surface area contributed by atoms with Gasteiger partial charge in [0, 0.05) is 25.2 Å². The lowest BCUT2D eigenvalue weighted by atomic mass is 10.2. The summed E-state index contributed by atoms with van der Waals surface area (Å²) in [4.78, 5) is 30.3. The molecule has 1 saturated heterocycles. The summed E-state index contributed by atoms with van der Waals surface area (Å²) >= 11 is 1.41. The monoisotopic (exact) mass is 333 g/mol. The molecule has 23 heavy (non-hydrogen) atoms. The van der Waals surface area contributed by atoms with Crippen molar-refractivity contribution in [1.29, 1.82) is 0 Å². The van der Waals surface area contributed by atoms with Crippen LogP contribution in [-0.2, 0) is 9.59 Å². The predicted molar refractivity (Wildman–Crippen MR) is 90.9 cm³/mol. The van der Waals surface area contributed by atoms with Crippen LogP contribution in [0.2, 0.25) is 0 Å². The van der Waals surface area contributed by atoms with Gasteiger partial charge in [0.2, 0.25) is 5.91 Å². The minimum absolute atomic E-state index is 0.135. The normalized spacial score (nSPS) is 20.6. The molecule has 0 radical (unpaired) electrons. The lowest BCUT2D eigenvalue weighted by Crippen LogP contribution is -2.25. The molecular weight excluding hydrogens is 314 g/mol. The molecule has 1 aromatic rings. The van der Waals surface area contributed by atoms with Gasteiger partial charge in [-0.1, -0.05) is 11.8 Å². The van der Waals surface area contributed by atoms with E-state index in [2.05, 4.69) is 15.2 Å². The summed E-state index contributed by atoms with van der Waals surface area (Å²) in [5.74, 6) is 0.342. The summed E-state index contributed by atoms with van der Waals surface area (Å²) in [5.41, 5.74) is 0.687. The van der Waals surface area contributed by atoms with E-state index in [9.17, 15) is 9.59 Å². The number of anilines is 1. The molecule has 1 fully saturated rings. The molecule has 2 heterocycles. The predicted octanol–water partition coefficient (Wildman–Crippen LogP) is 2.12. The van der Waals surface area contributed by atoms with E-state index in [1.165, 1.54) is 11.8 Å². The SMILES string of the molecule is COc1ccc(NC(=O)CC2SC(N3CCCC3)=NC2=O)cc1. The lowest BCUT2D eigenvalue weighted by Gasteiger charge is -2.16. The van der Waals surface area contributed by atoms with Crippen LogP contribution in [0, 0.1) is 0 Å². The van der Waals surface area contributed by atoms with Crippen molar-refractivity contribution in [3.63, 3.8) is 0 Å². The average molecular weight is 333 g/mol. The van der Waals surface area contributed by atoms with Crippen molar-refractivity contribution in [2.45, 2.75) is 24.5 Å². The molecule has 0 bridgehead atoms. The van der Waals surface area contributed by atoms with Gasteiger partial charge >= 0.3 is 0 Å². The second-order valence-corrected chi connectivity index (χ2v) is 6.68. The highest BCUT2D eigenvalue weighted by molar-refractivity contribution is 8.15. The molecule has 122 valence electrons. The minimum Gasteiger partial charge on any atom is -0.497 e. The number of likely N-dealkylation sites (tertiary alicyclic amines) is 1. The Bertz CT molecular complexity index is 624. The fourth-order valence-electron chi connectivity index (χ4n) is 2.61. The maximum absolute atomic E-state index is 12.1. The van der Waals surface area contributed by atoms with Gasteiger partial charge in [-0.2, -0.15) is 4.99 Å². The van der Waals surface area contributed by atoms with Crippen molar-refractivity contribution in [2.75, 3.05) is 25.5 Å². The number of carbonyl (C=O) groups is 2. The number of benzene rings is 1. The van der Waals surface area contributed by atoms with E-state index >= 15 is 0 Å². The minimum atomic E-state index is -0.413. The Kier molecular flexibility index (Phi) is 4.85. The second-order valence-electron chi connectivity index (χ2n) is 5.51. The zero-order valence-electron chi connectivity index (χ0n) is 12.9. The number of thioether (sulfide) groups is 1. The van der Waals surface area contributed by atoms with Crippen molar-refractivity contribution in [2.24, 2.45) is 4.99 Å². The van der Waals surface area contributed by atoms with Crippen LogP contribution >= 0.6 is 11.8 Å². The lowest BCUT2D eigenvalue weighted by molar-refractivity contribution is -0.121. The highest BCUT2D eigenvalue weighted by atomic mass is 32.2. The third-order valence-corrected chi connectivity index (χ3v) is 5.06. The van der Waals surface area contributed by atoms with Crippen molar-refractivity contribution >= 4 is 34.4 Å². The number of amidine groups is 1. The topological polar surface area (TPSA) is 71.0 Å². The first-order chi connectivity index (χ1) is 11.2. The standard InChI is InChI=1S/C16H19N3O3S/c1-22-12-6-4-11(5-7-12)17-14(20)10-13-15(21)18-16(23-13)19-8-2-3-9-19/h4-7,13H,2-3,8-10H2,1H3,(H,17,20). The van der Waals surface area contributed by atoms with Crippen molar-refractivity contribution in [1.82, 2.24) is 4.90 Å². The van der Waals surface area contributed by atoms with Crippen LogP contribution in [-0.4, -0.2) is 47.3 Å².